The van der Waals surface area contributed by atoms with Crippen LogP contribution in [0, 0.1) is 12.8 Å². The number of fused-ring (bicyclic) bond motifs is 1. The second-order valence-electron chi connectivity index (χ2n) is 7.84. The topological polar surface area (TPSA) is 84.3 Å². The molecule has 1 aliphatic rings. The maximum absolute atomic E-state index is 13.3. The van der Waals surface area contributed by atoms with Gasteiger partial charge in [-0.15, -0.1) is 0 Å². The lowest BCUT2D eigenvalue weighted by Crippen LogP contribution is -2.17. The van der Waals surface area contributed by atoms with Crippen LogP contribution in [0.5, 0.6) is 0 Å². The number of aryl methyl sites for hydroxylation is 2. The highest BCUT2D eigenvalue weighted by Crippen LogP contribution is 2.37. The number of sulfone groups is 1. The maximum atomic E-state index is 13.3. The SMILES string of the molecule is Cc1cc(S(C)(=O)=O)ccc1N(C)c1cc(NC(=O)C2CC2F)c2ncn(C)c2c1. The van der Waals surface area contributed by atoms with Crippen molar-refractivity contribution in [3.8, 4) is 0 Å². The summed E-state index contributed by atoms with van der Waals surface area (Å²) in [4.78, 5) is 18.9. The molecule has 1 amide bonds. The van der Waals surface area contributed by atoms with E-state index < -0.39 is 21.9 Å². The molecule has 0 aliphatic heterocycles. The average Bonchev–Trinajstić information content (AvgIpc) is 3.30. The summed E-state index contributed by atoms with van der Waals surface area (Å²) in [6.45, 7) is 1.85. The number of carbonyl (C=O) groups is 1. The zero-order chi connectivity index (χ0) is 21.8. The molecule has 1 heterocycles. The zero-order valence-corrected chi connectivity index (χ0v) is 18.0. The first kappa shape index (κ1) is 20.3. The molecule has 30 heavy (non-hydrogen) atoms. The predicted molar refractivity (Wildman–Crippen MR) is 115 cm³/mol. The standard InChI is InChI=1S/C21H23FN4O3S/c1-12-7-14(30(4,28)29)5-6-18(12)26(3)13-8-17(24-21(27)15-10-16(15)22)20-19(9-13)25(2)11-23-20/h5-9,11,15-16H,10H2,1-4H3,(H,24,27). The summed E-state index contributed by atoms with van der Waals surface area (Å²) in [6.07, 6.45) is 2.01. The predicted octanol–water partition coefficient (Wildman–Crippen LogP) is 3.35. The van der Waals surface area contributed by atoms with Crippen molar-refractivity contribution in [3.05, 3.63) is 42.2 Å². The molecule has 2 unspecified atom stereocenters. The lowest BCUT2D eigenvalue weighted by atomic mass is 10.1. The van der Waals surface area contributed by atoms with Gasteiger partial charge in [0.15, 0.2) is 9.84 Å². The molecule has 2 aromatic carbocycles. The number of nitrogens with one attached hydrogen (secondary N) is 1. The average molecular weight is 431 g/mol. The Bertz CT molecular complexity index is 1270. The van der Waals surface area contributed by atoms with E-state index in [1.807, 2.05) is 36.6 Å². The van der Waals surface area contributed by atoms with E-state index in [4.69, 9.17) is 0 Å². The molecule has 3 aromatic rings. The fraction of sp³-hybridized carbons (Fsp3) is 0.333. The van der Waals surface area contributed by atoms with E-state index in [-0.39, 0.29) is 17.2 Å². The third-order valence-electron chi connectivity index (χ3n) is 5.47. The van der Waals surface area contributed by atoms with Gasteiger partial charge in [0.05, 0.1) is 28.3 Å². The van der Waals surface area contributed by atoms with Crippen LogP contribution in [0.15, 0.2) is 41.6 Å². The first-order valence-electron chi connectivity index (χ1n) is 9.50. The summed E-state index contributed by atoms with van der Waals surface area (Å²) in [5.41, 5.74) is 4.37. The van der Waals surface area contributed by atoms with Gasteiger partial charge in [0.2, 0.25) is 5.91 Å². The molecule has 0 saturated heterocycles. The van der Waals surface area contributed by atoms with Gasteiger partial charge in [-0.3, -0.25) is 4.79 Å². The van der Waals surface area contributed by atoms with E-state index in [0.29, 0.717) is 11.2 Å². The Hall–Kier alpha value is -2.94. The molecule has 4 rings (SSSR count). The van der Waals surface area contributed by atoms with Gasteiger partial charge in [-0.05, 0) is 49.2 Å². The highest BCUT2D eigenvalue weighted by molar-refractivity contribution is 7.90. The number of hydrogen-bond donors (Lipinski definition) is 1. The highest BCUT2D eigenvalue weighted by Gasteiger charge is 2.43. The van der Waals surface area contributed by atoms with E-state index in [1.165, 1.54) is 6.26 Å². The first-order valence-corrected chi connectivity index (χ1v) is 11.4. The van der Waals surface area contributed by atoms with Gasteiger partial charge in [0, 0.05) is 31.7 Å². The Morgan fingerprint density at radius 1 is 1.30 bits per heavy atom. The van der Waals surface area contributed by atoms with Gasteiger partial charge in [0.25, 0.3) is 0 Å². The Kier molecular flexibility index (Phi) is 4.80. The van der Waals surface area contributed by atoms with Gasteiger partial charge >= 0.3 is 0 Å². The second kappa shape index (κ2) is 7.09. The van der Waals surface area contributed by atoms with Crippen LogP contribution in [0.4, 0.5) is 21.5 Å². The Labute approximate surface area is 174 Å². The number of alkyl halides is 1. The van der Waals surface area contributed by atoms with Crippen molar-refractivity contribution in [1.82, 2.24) is 9.55 Å². The largest absolute Gasteiger partial charge is 0.344 e. The summed E-state index contributed by atoms with van der Waals surface area (Å²) in [5, 5.41) is 2.82. The van der Waals surface area contributed by atoms with Crippen LogP contribution in [0.25, 0.3) is 11.0 Å². The van der Waals surface area contributed by atoms with Crippen LogP contribution < -0.4 is 10.2 Å². The smallest absolute Gasteiger partial charge is 0.230 e. The summed E-state index contributed by atoms with van der Waals surface area (Å²) in [5.74, 6) is -0.945. The summed E-state index contributed by atoms with van der Waals surface area (Å²) in [7, 11) is 0.427. The van der Waals surface area contributed by atoms with Crippen LogP contribution in [0.1, 0.15) is 12.0 Å². The van der Waals surface area contributed by atoms with Gasteiger partial charge in [-0.1, -0.05) is 0 Å². The minimum Gasteiger partial charge on any atom is -0.344 e. The van der Waals surface area contributed by atoms with Crippen molar-refractivity contribution >= 4 is 43.8 Å². The Morgan fingerprint density at radius 2 is 2.00 bits per heavy atom. The molecule has 7 nitrogen and oxygen atoms in total. The van der Waals surface area contributed by atoms with Crippen molar-refractivity contribution in [1.29, 1.82) is 0 Å². The summed E-state index contributed by atoms with van der Waals surface area (Å²) < 4.78 is 38.8. The van der Waals surface area contributed by atoms with Crippen LogP contribution in [-0.4, -0.2) is 43.4 Å². The van der Waals surface area contributed by atoms with Gasteiger partial charge < -0.3 is 14.8 Å². The quantitative estimate of drug-likeness (QED) is 0.671. The molecule has 2 atom stereocenters. The van der Waals surface area contributed by atoms with E-state index >= 15 is 0 Å². The molecule has 1 saturated carbocycles. The van der Waals surface area contributed by atoms with Gasteiger partial charge in [-0.2, -0.15) is 0 Å². The lowest BCUT2D eigenvalue weighted by molar-refractivity contribution is -0.117. The molecule has 0 spiro atoms. The molecule has 0 bridgehead atoms. The third kappa shape index (κ3) is 3.65. The number of hydrogen-bond acceptors (Lipinski definition) is 5. The van der Waals surface area contributed by atoms with Crippen LogP contribution in [-0.2, 0) is 21.7 Å². The molecule has 9 heteroatoms. The number of rotatable bonds is 5. The minimum absolute atomic E-state index is 0.253. The molecule has 1 aliphatic carbocycles. The summed E-state index contributed by atoms with van der Waals surface area (Å²) in [6, 6.07) is 8.72. The number of aromatic nitrogens is 2. The highest BCUT2D eigenvalue weighted by atomic mass is 32.2. The van der Waals surface area contributed by atoms with E-state index in [9.17, 15) is 17.6 Å². The number of amides is 1. The van der Waals surface area contributed by atoms with Crippen molar-refractivity contribution < 1.29 is 17.6 Å². The van der Waals surface area contributed by atoms with Gasteiger partial charge in [0.1, 0.15) is 11.7 Å². The fourth-order valence-corrected chi connectivity index (χ4v) is 4.25. The van der Waals surface area contributed by atoms with Crippen LogP contribution >= 0.6 is 0 Å². The fourth-order valence-electron chi connectivity index (χ4n) is 3.54. The van der Waals surface area contributed by atoms with Crippen molar-refractivity contribution in [2.24, 2.45) is 13.0 Å². The molecule has 1 fully saturated rings. The molecular formula is C21H23FN4O3S. The zero-order valence-electron chi connectivity index (χ0n) is 17.2. The number of halogens is 1. The second-order valence-corrected chi connectivity index (χ2v) is 9.86. The number of carbonyl (C=O) groups excluding carboxylic acids is 1. The molecule has 0 radical (unpaired) electrons. The molecule has 158 valence electrons. The number of imidazole rings is 1. The van der Waals surface area contributed by atoms with Crippen molar-refractivity contribution in [2.45, 2.75) is 24.4 Å². The van der Waals surface area contributed by atoms with E-state index in [0.717, 1.165) is 22.5 Å². The van der Waals surface area contributed by atoms with Gasteiger partial charge in [-0.25, -0.2) is 17.8 Å². The monoisotopic (exact) mass is 430 g/mol. The van der Waals surface area contributed by atoms with E-state index in [2.05, 4.69) is 10.3 Å². The number of benzene rings is 2. The number of nitrogens with zero attached hydrogens (tertiary/aromatic N) is 3. The Morgan fingerprint density at radius 3 is 2.60 bits per heavy atom. The maximum Gasteiger partial charge on any atom is 0.230 e. The Balaban J connectivity index is 1.75. The summed E-state index contributed by atoms with van der Waals surface area (Å²) >= 11 is 0. The minimum atomic E-state index is -3.29. The lowest BCUT2D eigenvalue weighted by Gasteiger charge is -2.23. The molecule has 1 aromatic heterocycles. The molecule has 1 N–H and O–H groups in total. The molecular weight excluding hydrogens is 407 g/mol. The van der Waals surface area contributed by atoms with Crippen LogP contribution in [0.2, 0.25) is 0 Å². The third-order valence-corrected chi connectivity index (χ3v) is 6.58. The van der Waals surface area contributed by atoms with Crippen LogP contribution in [0.3, 0.4) is 0 Å². The first-order chi connectivity index (χ1) is 14.1. The normalized spacial score (nSPS) is 18.4. The van der Waals surface area contributed by atoms with E-state index in [1.54, 1.807) is 30.6 Å². The van der Waals surface area contributed by atoms with Crippen molar-refractivity contribution in [3.63, 3.8) is 0 Å². The van der Waals surface area contributed by atoms with Crippen molar-refractivity contribution in [2.75, 3.05) is 23.5 Å². The number of anilines is 3.